The molecule has 0 bridgehead atoms. The summed E-state index contributed by atoms with van der Waals surface area (Å²) in [6, 6.07) is 38.6. The summed E-state index contributed by atoms with van der Waals surface area (Å²) in [5.41, 5.74) is 17.7. The van der Waals surface area contributed by atoms with E-state index in [0.717, 1.165) is 83.6 Å². The standard InChI is InChI=1S/C43H30N10O/c1-54-35-13-7-28(8-14-35)39-26-53-24-32(12-18-41(53)47-39)30-10-16-37-34(20-30)22-45-43(49-37)51-50-42-44-21-33-19-29(9-15-36(33)48-42)31-11-17-40-46-38(25-52(40)23-31)27-5-3-2-4-6-27/h2-26H,1H3,(H,44,48,50)(H,45,49,51). The van der Waals surface area contributed by atoms with E-state index in [2.05, 4.69) is 92.3 Å². The van der Waals surface area contributed by atoms with Crippen molar-refractivity contribution < 1.29 is 4.74 Å². The van der Waals surface area contributed by atoms with Crippen molar-refractivity contribution in [2.24, 2.45) is 0 Å². The normalized spacial score (nSPS) is 11.4. The maximum Gasteiger partial charge on any atom is 0.242 e. The Morgan fingerprint density at radius 2 is 0.944 bits per heavy atom. The number of aromatic nitrogens is 8. The first-order valence-electron chi connectivity index (χ1n) is 17.4. The lowest BCUT2D eigenvalue weighted by molar-refractivity contribution is 0.415. The number of ether oxygens (including phenoxy) is 1. The summed E-state index contributed by atoms with van der Waals surface area (Å²) >= 11 is 0. The van der Waals surface area contributed by atoms with Gasteiger partial charge in [-0.25, -0.2) is 29.9 Å². The highest BCUT2D eigenvalue weighted by Gasteiger charge is 2.10. The zero-order valence-corrected chi connectivity index (χ0v) is 28.9. The van der Waals surface area contributed by atoms with Gasteiger partial charge < -0.3 is 13.5 Å². The molecule has 2 N–H and O–H groups in total. The van der Waals surface area contributed by atoms with Gasteiger partial charge in [-0.15, -0.1) is 0 Å². The van der Waals surface area contributed by atoms with Gasteiger partial charge in [0.1, 0.15) is 17.0 Å². The number of fused-ring (bicyclic) bond motifs is 4. The summed E-state index contributed by atoms with van der Waals surface area (Å²) in [7, 11) is 1.66. The third-order valence-electron chi connectivity index (χ3n) is 9.47. The zero-order chi connectivity index (χ0) is 36.0. The number of hydrogen-bond donors (Lipinski definition) is 2. The number of rotatable bonds is 8. The molecule has 0 saturated carbocycles. The maximum atomic E-state index is 5.29. The first-order chi connectivity index (χ1) is 26.6. The number of imidazole rings is 2. The minimum atomic E-state index is 0.408. The van der Waals surface area contributed by atoms with Crippen LogP contribution in [-0.4, -0.2) is 45.8 Å². The molecule has 0 aliphatic heterocycles. The molecule has 0 atom stereocenters. The summed E-state index contributed by atoms with van der Waals surface area (Å²) in [5.74, 6) is 1.63. The van der Waals surface area contributed by atoms with E-state index in [0.29, 0.717) is 11.9 Å². The molecule has 4 aromatic carbocycles. The van der Waals surface area contributed by atoms with E-state index < -0.39 is 0 Å². The van der Waals surface area contributed by atoms with Gasteiger partial charge in [-0.3, -0.25) is 10.9 Å². The molecule has 6 heterocycles. The second-order valence-electron chi connectivity index (χ2n) is 12.9. The Morgan fingerprint density at radius 3 is 1.46 bits per heavy atom. The highest BCUT2D eigenvalue weighted by molar-refractivity contribution is 5.86. The molecular formula is C43H30N10O. The molecule has 0 aliphatic rings. The topological polar surface area (TPSA) is 119 Å². The molecule has 10 rings (SSSR count). The number of nitrogens with zero attached hydrogens (tertiary/aromatic N) is 8. The van der Waals surface area contributed by atoms with Crippen molar-refractivity contribution in [1.82, 2.24) is 38.7 Å². The molecule has 0 amide bonds. The fourth-order valence-corrected chi connectivity index (χ4v) is 6.63. The Bertz CT molecular complexity index is 2990. The first-order valence-corrected chi connectivity index (χ1v) is 17.4. The van der Waals surface area contributed by atoms with Gasteiger partial charge in [0.25, 0.3) is 0 Å². The van der Waals surface area contributed by atoms with Crippen LogP contribution in [0.2, 0.25) is 0 Å². The molecule has 10 aromatic rings. The van der Waals surface area contributed by atoms with Gasteiger partial charge in [0.05, 0.1) is 29.5 Å². The zero-order valence-electron chi connectivity index (χ0n) is 28.9. The van der Waals surface area contributed by atoms with Gasteiger partial charge in [-0.2, -0.15) is 0 Å². The van der Waals surface area contributed by atoms with Crippen LogP contribution in [0.25, 0.3) is 77.9 Å². The first kappa shape index (κ1) is 31.1. The number of benzene rings is 4. The van der Waals surface area contributed by atoms with Crippen LogP contribution in [0.1, 0.15) is 0 Å². The van der Waals surface area contributed by atoms with E-state index in [1.54, 1.807) is 13.3 Å². The van der Waals surface area contributed by atoms with Crippen LogP contribution in [-0.2, 0) is 0 Å². The minimum Gasteiger partial charge on any atom is -0.497 e. The summed E-state index contributed by atoms with van der Waals surface area (Å²) in [6.45, 7) is 0. The van der Waals surface area contributed by atoms with Crippen molar-refractivity contribution in [2.75, 3.05) is 18.0 Å². The molecule has 54 heavy (non-hydrogen) atoms. The lowest BCUT2D eigenvalue weighted by Gasteiger charge is -2.09. The molecule has 6 aromatic heterocycles. The number of methoxy groups -OCH3 is 1. The minimum absolute atomic E-state index is 0.408. The molecule has 0 radical (unpaired) electrons. The molecule has 0 spiro atoms. The van der Waals surface area contributed by atoms with E-state index in [4.69, 9.17) is 24.7 Å². The van der Waals surface area contributed by atoms with Crippen LogP contribution in [0.3, 0.4) is 0 Å². The molecular weight excluding hydrogens is 673 g/mol. The maximum absolute atomic E-state index is 5.29. The van der Waals surface area contributed by atoms with Gasteiger partial charge in [-0.05, 0) is 95.1 Å². The molecule has 0 saturated heterocycles. The SMILES string of the molecule is COc1ccc(-c2cn3cc(-c4ccc5nc(NNc6ncc7cc(-c8ccc9nc(-c%10ccccc%10)cn9c8)ccc7n6)ncc5c4)ccc3n2)cc1. The lowest BCUT2D eigenvalue weighted by Crippen LogP contribution is -2.13. The van der Waals surface area contributed by atoms with Crippen molar-refractivity contribution in [3.05, 3.63) is 152 Å². The van der Waals surface area contributed by atoms with E-state index in [1.807, 2.05) is 83.5 Å². The van der Waals surface area contributed by atoms with E-state index in [-0.39, 0.29) is 0 Å². The van der Waals surface area contributed by atoms with Crippen LogP contribution < -0.4 is 15.6 Å². The smallest absolute Gasteiger partial charge is 0.242 e. The highest BCUT2D eigenvalue weighted by atomic mass is 16.5. The van der Waals surface area contributed by atoms with Crippen LogP contribution in [0.5, 0.6) is 5.75 Å². The Hall–Kier alpha value is -7.66. The molecule has 11 heteroatoms. The van der Waals surface area contributed by atoms with Crippen molar-refractivity contribution >= 4 is 45.0 Å². The molecule has 0 unspecified atom stereocenters. The Kier molecular flexibility index (Phi) is 7.39. The van der Waals surface area contributed by atoms with E-state index in [9.17, 15) is 0 Å². The van der Waals surface area contributed by atoms with Crippen LogP contribution in [0, 0.1) is 0 Å². The van der Waals surface area contributed by atoms with Gasteiger partial charge in [-0.1, -0.05) is 42.5 Å². The highest BCUT2D eigenvalue weighted by Crippen LogP contribution is 2.29. The average molecular weight is 703 g/mol. The quantitative estimate of drug-likeness (QED) is 0.150. The van der Waals surface area contributed by atoms with Crippen LogP contribution in [0.4, 0.5) is 11.9 Å². The molecule has 0 fully saturated rings. The van der Waals surface area contributed by atoms with Crippen molar-refractivity contribution in [2.45, 2.75) is 0 Å². The predicted octanol–water partition coefficient (Wildman–Crippen LogP) is 8.98. The second-order valence-corrected chi connectivity index (χ2v) is 12.9. The predicted molar refractivity (Wildman–Crippen MR) is 212 cm³/mol. The van der Waals surface area contributed by atoms with Crippen LogP contribution in [0.15, 0.2) is 152 Å². The van der Waals surface area contributed by atoms with Gasteiger partial charge in [0, 0.05) is 59.1 Å². The summed E-state index contributed by atoms with van der Waals surface area (Å²) in [4.78, 5) is 28.0. The third-order valence-corrected chi connectivity index (χ3v) is 9.47. The summed E-state index contributed by atoms with van der Waals surface area (Å²) < 4.78 is 9.40. The number of pyridine rings is 2. The Morgan fingerprint density at radius 1 is 0.463 bits per heavy atom. The lowest BCUT2D eigenvalue weighted by atomic mass is 10.1. The van der Waals surface area contributed by atoms with Gasteiger partial charge in [0.2, 0.25) is 11.9 Å². The Balaban J connectivity index is 0.830. The third kappa shape index (κ3) is 5.85. The molecule has 0 aliphatic carbocycles. The second kappa shape index (κ2) is 12.8. The van der Waals surface area contributed by atoms with E-state index in [1.165, 1.54) is 0 Å². The number of hydrazine groups is 1. The molecule has 258 valence electrons. The largest absolute Gasteiger partial charge is 0.497 e. The van der Waals surface area contributed by atoms with Gasteiger partial charge >= 0.3 is 0 Å². The molecule has 11 nitrogen and oxygen atoms in total. The van der Waals surface area contributed by atoms with Crippen molar-refractivity contribution in [1.29, 1.82) is 0 Å². The van der Waals surface area contributed by atoms with E-state index >= 15 is 0 Å². The van der Waals surface area contributed by atoms with Crippen molar-refractivity contribution in [3.8, 4) is 50.5 Å². The van der Waals surface area contributed by atoms with Gasteiger partial charge in [0.15, 0.2) is 0 Å². The number of anilines is 2. The van der Waals surface area contributed by atoms with Crippen LogP contribution >= 0.6 is 0 Å². The summed E-state index contributed by atoms with van der Waals surface area (Å²) in [5, 5.41) is 1.85. The number of hydrogen-bond acceptors (Lipinski definition) is 9. The fourth-order valence-electron chi connectivity index (χ4n) is 6.63. The average Bonchev–Trinajstić information content (AvgIpc) is 3.87. The monoisotopic (exact) mass is 702 g/mol. The van der Waals surface area contributed by atoms with Crippen molar-refractivity contribution in [3.63, 3.8) is 0 Å². The summed E-state index contributed by atoms with van der Waals surface area (Å²) in [6.07, 6.45) is 11.9. The fraction of sp³-hybridized carbons (Fsp3) is 0.0233. The number of nitrogens with one attached hydrogen (secondary N) is 2. The Labute approximate surface area is 308 Å².